The van der Waals surface area contributed by atoms with Crippen molar-refractivity contribution in [3.63, 3.8) is 0 Å². The molecule has 0 bridgehead atoms. The number of benzene rings is 1. The molecule has 11 heteroatoms. The van der Waals surface area contributed by atoms with Crippen LogP contribution in [-0.2, 0) is 28.9 Å². The van der Waals surface area contributed by atoms with Crippen molar-refractivity contribution in [1.29, 1.82) is 0 Å². The number of amides is 1. The molecule has 1 aliphatic carbocycles. The number of ether oxygens (including phenoxy) is 1. The number of likely N-dealkylation sites (tertiary alicyclic amines) is 1. The van der Waals surface area contributed by atoms with Gasteiger partial charge in [-0.1, -0.05) is 6.07 Å². The Bertz CT molecular complexity index is 1360. The molecule has 1 N–H and O–H groups in total. The molecule has 2 aliphatic rings. The summed E-state index contributed by atoms with van der Waals surface area (Å²) in [5.41, 5.74) is 3.02. The molecule has 10 nitrogen and oxygen atoms in total. The molecule has 2 fully saturated rings. The summed E-state index contributed by atoms with van der Waals surface area (Å²) in [6.45, 7) is 1.34. The molecule has 0 spiro atoms. The van der Waals surface area contributed by atoms with E-state index in [0.717, 1.165) is 31.2 Å². The Morgan fingerprint density at radius 1 is 1.08 bits per heavy atom. The lowest BCUT2D eigenvalue weighted by atomic mass is 9.82. The highest BCUT2D eigenvalue weighted by atomic mass is 32.2. The van der Waals surface area contributed by atoms with Gasteiger partial charge >= 0.3 is 0 Å². The predicted molar refractivity (Wildman–Crippen MR) is 141 cm³/mol. The first kappa shape index (κ1) is 25.9. The molecule has 1 saturated heterocycles. The molecule has 2 atom stereocenters. The van der Waals surface area contributed by atoms with Crippen molar-refractivity contribution in [1.82, 2.24) is 29.2 Å². The zero-order valence-electron chi connectivity index (χ0n) is 21.7. The second kappa shape index (κ2) is 10.5. The Balaban J connectivity index is 1.19. The van der Waals surface area contributed by atoms with Crippen molar-refractivity contribution in [2.24, 2.45) is 20.0 Å². The Morgan fingerprint density at radius 2 is 1.86 bits per heavy atom. The summed E-state index contributed by atoms with van der Waals surface area (Å²) in [6.07, 6.45) is 9.43. The first-order chi connectivity index (χ1) is 17.7. The molecule has 1 amide bonds. The number of aryl methyl sites for hydroxylation is 2. The van der Waals surface area contributed by atoms with Gasteiger partial charge in [0.25, 0.3) is 5.91 Å². The Hall–Kier alpha value is -2.76. The van der Waals surface area contributed by atoms with Crippen molar-refractivity contribution >= 4 is 26.8 Å². The van der Waals surface area contributed by atoms with Gasteiger partial charge in [-0.2, -0.15) is 10.2 Å². The van der Waals surface area contributed by atoms with Crippen LogP contribution in [0.15, 0.2) is 36.7 Å². The van der Waals surface area contributed by atoms with Crippen molar-refractivity contribution < 1.29 is 17.9 Å². The highest BCUT2D eigenvalue weighted by molar-refractivity contribution is 7.88. The molecule has 0 radical (unpaired) electrons. The van der Waals surface area contributed by atoms with Crippen LogP contribution < -0.4 is 4.72 Å². The molecule has 200 valence electrons. The highest BCUT2D eigenvalue weighted by Crippen LogP contribution is 2.35. The van der Waals surface area contributed by atoms with Gasteiger partial charge in [-0.15, -0.1) is 0 Å². The summed E-state index contributed by atoms with van der Waals surface area (Å²) in [6, 6.07) is 8.07. The Labute approximate surface area is 218 Å². The summed E-state index contributed by atoms with van der Waals surface area (Å²) >= 11 is 0. The number of hydrogen-bond donors (Lipinski definition) is 1. The van der Waals surface area contributed by atoms with E-state index in [1.54, 1.807) is 28.9 Å². The fourth-order valence-corrected chi connectivity index (χ4v) is 6.68. The molecule has 3 heterocycles. The average molecular weight is 529 g/mol. The summed E-state index contributed by atoms with van der Waals surface area (Å²) in [5, 5.41) is 9.63. The molecule has 1 saturated carbocycles. The highest BCUT2D eigenvalue weighted by Gasteiger charge is 2.35. The predicted octanol–water partition coefficient (Wildman–Crippen LogP) is 2.43. The quantitative estimate of drug-likeness (QED) is 0.504. The first-order valence-electron chi connectivity index (χ1n) is 13.0. The van der Waals surface area contributed by atoms with E-state index in [4.69, 9.17) is 4.74 Å². The fraction of sp³-hybridized carbons (Fsp3) is 0.577. The van der Waals surface area contributed by atoms with Crippen LogP contribution in [0.2, 0.25) is 0 Å². The van der Waals surface area contributed by atoms with Crippen LogP contribution in [0.25, 0.3) is 10.9 Å². The number of nitrogens with zero attached hydrogens (tertiary/aromatic N) is 5. The zero-order valence-corrected chi connectivity index (χ0v) is 22.5. The zero-order chi connectivity index (χ0) is 26.2. The molecule has 3 aromatic rings. The minimum atomic E-state index is -3.37. The van der Waals surface area contributed by atoms with Gasteiger partial charge in [0, 0.05) is 50.7 Å². The molecule has 2 aromatic heterocycles. The summed E-state index contributed by atoms with van der Waals surface area (Å²) < 4.78 is 36.6. The van der Waals surface area contributed by atoms with Gasteiger partial charge < -0.3 is 9.64 Å². The van der Waals surface area contributed by atoms with Crippen LogP contribution >= 0.6 is 0 Å². The lowest BCUT2D eigenvalue weighted by Crippen LogP contribution is -2.54. The smallest absolute Gasteiger partial charge is 0.272 e. The minimum Gasteiger partial charge on any atom is -0.378 e. The molecule has 0 unspecified atom stereocenters. The van der Waals surface area contributed by atoms with Gasteiger partial charge in [0.05, 0.1) is 30.7 Å². The Kier molecular flexibility index (Phi) is 7.37. The maximum absolute atomic E-state index is 13.1. The molecular formula is C26H36N6O4S. The number of carbonyl (C=O) groups excluding carboxylic acids is 1. The van der Waals surface area contributed by atoms with Gasteiger partial charge in [-0.25, -0.2) is 13.1 Å². The van der Waals surface area contributed by atoms with E-state index in [-0.39, 0.29) is 24.0 Å². The number of rotatable bonds is 7. The molecular weight excluding hydrogens is 492 g/mol. The van der Waals surface area contributed by atoms with Crippen molar-refractivity contribution in [2.75, 3.05) is 26.0 Å². The monoisotopic (exact) mass is 528 g/mol. The third kappa shape index (κ3) is 5.89. The third-order valence-electron chi connectivity index (χ3n) is 7.89. The normalized spacial score (nSPS) is 25.0. The lowest BCUT2D eigenvalue weighted by Gasteiger charge is -2.39. The first-order valence-corrected chi connectivity index (χ1v) is 14.8. The van der Waals surface area contributed by atoms with Crippen LogP contribution in [0.4, 0.5) is 0 Å². The van der Waals surface area contributed by atoms with E-state index >= 15 is 0 Å². The number of hydrogen-bond acceptors (Lipinski definition) is 6. The van der Waals surface area contributed by atoms with Crippen LogP contribution in [0.5, 0.6) is 0 Å². The second-order valence-corrected chi connectivity index (χ2v) is 12.3. The van der Waals surface area contributed by atoms with Gasteiger partial charge in [0.1, 0.15) is 5.69 Å². The van der Waals surface area contributed by atoms with E-state index in [2.05, 4.69) is 33.1 Å². The third-order valence-corrected chi connectivity index (χ3v) is 8.62. The maximum Gasteiger partial charge on any atom is 0.272 e. The molecule has 1 aliphatic heterocycles. The topological polar surface area (TPSA) is 111 Å². The molecule has 37 heavy (non-hydrogen) atoms. The average Bonchev–Trinajstić information content (AvgIpc) is 3.47. The summed E-state index contributed by atoms with van der Waals surface area (Å²) in [4.78, 5) is 14.8. The van der Waals surface area contributed by atoms with E-state index < -0.39 is 10.0 Å². The summed E-state index contributed by atoms with van der Waals surface area (Å²) in [7, 11) is 0.337. The SMILES string of the molecule is Cn1nccc1C(=O)N1CC[C@H](NS(C)(=O)=O)[C@H](COC2CCC(c3ccc4c(cnn4C)c3)CC2)C1. The van der Waals surface area contributed by atoms with Gasteiger partial charge in [0.2, 0.25) is 10.0 Å². The number of carbonyl (C=O) groups is 1. The summed E-state index contributed by atoms with van der Waals surface area (Å²) in [5.74, 6) is 0.297. The Morgan fingerprint density at radius 3 is 2.57 bits per heavy atom. The van der Waals surface area contributed by atoms with E-state index in [1.807, 2.05) is 17.9 Å². The van der Waals surface area contributed by atoms with Crippen molar-refractivity contribution in [3.8, 4) is 0 Å². The van der Waals surface area contributed by atoms with Gasteiger partial charge in [0.15, 0.2) is 0 Å². The van der Waals surface area contributed by atoms with E-state index in [0.29, 0.717) is 37.7 Å². The lowest BCUT2D eigenvalue weighted by molar-refractivity contribution is -0.0150. The number of piperidine rings is 1. The van der Waals surface area contributed by atoms with Crippen molar-refractivity contribution in [2.45, 2.75) is 50.2 Å². The van der Waals surface area contributed by atoms with Gasteiger partial charge in [-0.3, -0.25) is 14.2 Å². The minimum absolute atomic E-state index is 0.0890. The number of fused-ring (bicyclic) bond motifs is 1. The number of nitrogens with one attached hydrogen (secondary N) is 1. The van der Waals surface area contributed by atoms with E-state index in [9.17, 15) is 13.2 Å². The number of sulfonamides is 1. The number of aromatic nitrogens is 4. The maximum atomic E-state index is 13.1. The molecule has 1 aromatic carbocycles. The van der Waals surface area contributed by atoms with Crippen molar-refractivity contribution in [3.05, 3.63) is 47.9 Å². The standard InChI is InChI=1S/C26H36N6O4S/c1-30-24-9-6-19(14-20(24)15-28-30)18-4-7-22(8-5-18)36-17-21-16-32(13-11-23(21)29-37(3,34)35)26(33)25-10-12-27-31(25)2/h6,9-10,12,14-15,18,21-23,29H,4-5,7-8,11,13,16-17H2,1-3H3/t18?,21-,22?,23-/m0/s1. The van der Waals surface area contributed by atoms with Crippen LogP contribution in [0.1, 0.15) is 54.1 Å². The molecule has 5 rings (SSSR count). The largest absolute Gasteiger partial charge is 0.378 e. The van der Waals surface area contributed by atoms with Crippen LogP contribution in [0, 0.1) is 5.92 Å². The van der Waals surface area contributed by atoms with Crippen LogP contribution in [0.3, 0.4) is 0 Å². The second-order valence-electron chi connectivity index (χ2n) is 10.5. The fourth-order valence-electron chi connectivity index (χ4n) is 5.82. The van der Waals surface area contributed by atoms with E-state index in [1.165, 1.54) is 17.2 Å². The van der Waals surface area contributed by atoms with Crippen LogP contribution in [-0.4, -0.2) is 76.9 Å². The van der Waals surface area contributed by atoms with Gasteiger partial charge in [-0.05, 0) is 61.8 Å².